The molecule has 0 unspecified atom stereocenters. The van der Waals surface area contributed by atoms with E-state index in [0.29, 0.717) is 11.5 Å². The molecule has 0 saturated carbocycles. The van der Waals surface area contributed by atoms with E-state index in [1.54, 1.807) is 9.52 Å². The number of tetrazole rings is 1. The molecule has 0 saturated heterocycles. The van der Waals surface area contributed by atoms with Crippen LogP contribution in [0.15, 0.2) is 24.3 Å². The molecule has 0 bridgehead atoms. The zero-order valence-electron chi connectivity index (χ0n) is 9.49. The van der Waals surface area contributed by atoms with Crippen LogP contribution < -0.4 is 10.4 Å². The van der Waals surface area contributed by atoms with Gasteiger partial charge in [0, 0.05) is 14.1 Å². The summed E-state index contributed by atoms with van der Waals surface area (Å²) in [6, 6.07) is 7.75. The van der Waals surface area contributed by atoms with Crippen molar-refractivity contribution in [3.05, 3.63) is 24.3 Å². The standard InChI is InChI=1S/C10H11N7/c1-11-16(2)9-10-13-14-15-17(10)8-6-4-3-5-7(8)12-9/h3-6,11H,1-2H3. The summed E-state index contributed by atoms with van der Waals surface area (Å²) in [5, 5.41) is 13.5. The van der Waals surface area contributed by atoms with Gasteiger partial charge in [0.05, 0.1) is 11.0 Å². The highest BCUT2D eigenvalue weighted by atomic mass is 15.6. The Bertz CT molecular complexity index is 675. The minimum atomic E-state index is 0.626. The number of hydrogen-bond donors (Lipinski definition) is 1. The first-order chi connectivity index (χ1) is 8.31. The summed E-state index contributed by atoms with van der Waals surface area (Å²) in [7, 11) is 3.68. The Morgan fingerprint density at radius 2 is 2.12 bits per heavy atom. The van der Waals surface area contributed by atoms with E-state index in [0.717, 1.165) is 11.0 Å². The van der Waals surface area contributed by atoms with Crippen LogP contribution in [0.1, 0.15) is 0 Å². The van der Waals surface area contributed by atoms with Crippen LogP contribution in [-0.2, 0) is 0 Å². The molecule has 17 heavy (non-hydrogen) atoms. The fraction of sp³-hybridized carbons (Fsp3) is 0.200. The van der Waals surface area contributed by atoms with Crippen molar-refractivity contribution in [2.75, 3.05) is 19.1 Å². The number of fused-ring (bicyclic) bond motifs is 3. The Balaban J connectivity index is 2.43. The maximum atomic E-state index is 4.55. The Hall–Kier alpha value is -2.28. The van der Waals surface area contributed by atoms with Gasteiger partial charge in [-0.2, -0.15) is 4.52 Å². The molecule has 1 aromatic carbocycles. The molecule has 7 nitrogen and oxygen atoms in total. The topological polar surface area (TPSA) is 71.2 Å². The third kappa shape index (κ3) is 1.40. The second-order valence-electron chi connectivity index (χ2n) is 3.62. The molecule has 2 aromatic heterocycles. The molecule has 2 heterocycles. The number of nitrogens with zero attached hydrogens (tertiary/aromatic N) is 6. The van der Waals surface area contributed by atoms with Gasteiger partial charge in [-0.25, -0.2) is 10.4 Å². The van der Waals surface area contributed by atoms with Gasteiger partial charge in [-0.1, -0.05) is 12.1 Å². The Morgan fingerprint density at radius 1 is 1.29 bits per heavy atom. The first-order valence-corrected chi connectivity index (χ1v) is 5.19. The average molecular weight is 229 g/mol. The van der Waals surface area contributed by atoms with E-state index in [1.165, 1.54) is 0 Å². The van der Waals surface area contributed by atoms with Crippen molar-refractivity contribution in [3.8, 4) is 0 Å². The molecule has 3 rings (SSSR count). The quantitative estimate of drug-likeness (QED) is 0.635. The lowest BCUT2D eigenvalue weighted by Crippen LogP contribution is -2.31. The van der Waals surface area contributed by atoms with Crippen LogP contribution in [-0.4, -0.2) is 39.1 Å². The minimum absolute atomic E-state index is 0.626. The number of para-hydroxylation sites is 2. The number of anilines is 1. The fourth-order valence-corrected chi connectivity index (χ4v) is 1.72. The van der Waals surface area contributed by atoms with Crippen molar-refractivity contribution in [3.63, 3.8) is 0 Å². The molecular weight excluding hydrogens is 218 g/mol. The highest BCUT2D eigenvalue weighted by molar-refractivity contribution is 5.81. The van der Waals surface area contributed by atoms with Gasteiger partial charge in [-0.05, 0) is 22.6 Å². The summed E-state index contributed by atoms with van der Waals surface area (Å²) < 4.78 is 1.69. The lowest BCUT2D eigenvalue weighted by Gasteiger charge is -2.16. The van der Waals surface area contributed by atoms with E-state index in [9.17, 15) is 0 Å². The fourth-order valence-electron chi connectivity index (χ4n) is 1.72. The highest BCUT2D eigenvalue weighted by Gasteiger charge is 2.13. The number of hydrogen-bond acceptors (Lipinski definition) is 6. The number of hydrazine groups is 1. The second-order valence-corrected chi connectivity index (χ2v) is 3.62. The van der Waals surface area contributed by atoms with Gasteiger partial charge >= 0.3 is 0 Å². The Morgan fingerprint density at radius 3 is 2.94 bits per heavy atom. The number of nitrogens with one attached hydrogen (secondary N) is 1. The van der Waals surface area contributed by atoms with Crippen molar-refractivity contribution in [2.45, 2.75) is 0 Å². The summed E-state index contributed by atoms with van der Waals surface area (Å²) in [6.45, 7) is 0. The molecule has 0 atom stereocenters. The van der Waals surface area contributed by atoms with Crippen molar-refractivity contribution in [1.82, 2.24) is 30.5 Å². The molecule has 0 radical (unpaired) electrons. The van der Waals surface area contributed by atoms with Gasteiger partial charge < -0.3 is 0 Å². The van der Waals surface area contributed by atoms with Crippen LogP contribution in [0.2, 0.25) is 0 Å². The predicted molar refractivity (Wildman–Crippen MR) is 63.5 cm³/mol. The molecule has 0 spiro atoms. The summed E-state index contributed by atoms with van der Waals surface area (Å²) in [5.74, 6) is 0.691. The first kappa shape index (κ1) is 9.91. The van der Waals surface area contributed by atoms with Gasteiger partial charge in [0.2, 0.25) is 5.65 Å². The first-order valence-electron chi connectivity index (χ1n) is 5.19. The lowest BCUT2D eigenvalue weighted by atomic mass is 10.3. The lowest BCUT2D eigenvalue weighted by molar-refractivity contribution is 0.776. The van der Waals surface area contributed by atoms with Crippen LogP contribution in [0.4, 0.5) is 5.82 Å². The van der Waals surface area contributed by atoms with Crippen LogP contribution in [0.3, 0.4) is 0 Å². The molecule has 1 N–H and O–H groups in total. The summed E-state index contributed by atoms with van der Waals surface area (Å²) >= 11 is 0. The van der Waals surface area contributed by atoms with Crippen molar-refractivity contribution in [2.24, 2.45) is 0 Å². The van der Waals surface area contributed by atoms with E-state index in [4.69, 9.17) is 0 Å². The molecular formula is C10H11N7. The predicted octanol–water partition coefficient (Wildman–Crippen LogP) is 0.243. The third-order valence-corrected chi connectivity index (χ3v) is 2.66. The molecule has 0 aliphatic heterocycles. The van der Waals surface area contributed by atoms with Gasteiger partial charge in [-0.3, -0.25) is 5.01 Å². The van der Waals surface area contributed by atoms with Crippen molar-refractivity contribution >= 4 is 22.5 Å². The smallest absolute Gasteiger partial charge is 0.223 e. The molecule has 0 amide bonds. The maximum absolute atomic E-state index is 4.55. The van der Waals surface area contributed by atoms with Crippen LogP contribution in [0.25, 0.3) is 16.7 Å². The average Bonchev–Trinajstić information content (AvgIpc) is 2.86. The second kappa shape index (κ2) is 3.63. The summed E-state index contributed by atoms with van der Waals surface area (Å²) in [5.41, 5.74) is 5.36. The summed E-state index contributed by atoms with van der Waals surface area (Å²) in [4.78, 5) is 4.55. The number of benzene rings is 1. The largest absolute Gasteiger partial charge is 0.292 e. The third-order valence-electron chi connectivity index (χ3n) is 2.66. The summed E-state index contributed by atoms with van der Waals surface area (Å²) in [6.07, 6.45) is 0. The van der Waals surface area contributed by atoms with E-state index in [2.05, 4.69) is 25.9 Å². The Labute approximate surface area is 97.0 Å². The van der Waals surface area contributed by atoms with E-state index in [1.807, 2.05) is 38.4 Å². The zero-order chi connectivity index (χ0) is 11.8. The molecule has 86 valence electrons. The van der Waals surface area contributed by atoms with Gasteiger partial charge in [0.25, 0.3) is 0 Å². The SMILES string of the molecule is CNN(C)c1nc2ccccc2n2nnnc12. The molecule has 0 fully saturated rings. The van der Waals surface area contributed by atoms with Gasteiger partial charge in [0.1, 0.15) is 0 Å². The maximum Gasteiger partial charge on any atom is 0.223 e. The monoisotopic (exact) mass is 229 g/mol. The number of aromatic nitrogens is 5. The van der Waals surface area contributed by atoms with Gasteiger partial charge in [0.15, 0.2) is 5.82 Å². The zero-order valence-corrected chi connectivity index (χ0v) is 9.49. The van der Waals surface area contributed by atoms with Crippen molar-refractivity contribution in [1.29, 1.82) is 0 Å². The normalized spacial score (nSPS) is 11.2. The van der Waals surface area contributed by atoms with Crippen LogP contribution in [0, 0.1) is 0 Å². The van der Waals surface area contributed by atoms with Crippen LogP contribution >= 0.6 is 0 Å². The van der Waals surface area contributed by atoms with E-state index < -0.39 is 0 Å². The van der Waals surface area contributed by atoms with Gasteiger partial charge in [-0.15, -0.1) is 5.10 Å². The highest BCUT2D eigenvalue weighted by Crippen LogP contribution is 2.19. The van der Waals surface area contributed by atoms with Crippen molar-refractivity contribution < 1.29 is 0 Å². The number of rotatable bonds is 2. The molecule has 0 aliphatic carbocycles. The molecule has 0 aliphatic rings. The van der Waals surface area contributed by atoms with Crippen LogP contribution in [0.5, 0.6) is 0 Å². The molecule has 7 heteroatoms. The molecule has 3 aromatic rings. The van der Waals surface area contributed by atoms with E-state index in [-0.39, 0.29) is 0 Å². The minimum Gasteiger partial charge on any atom is -0.292 e. The Kier molecular flexibility index (Phi) is 2.12. The van der Waals surface area contributed by atoms with E-state index >= 15 is 0 Å².